The molecule has 0 bridgehead atoms. The van der Waals surface area contributed by atoms with E-state index < -0.39 is 9.84 Å². The summed E-state index contributed by atoms with van der Waals surface area (Å²) in [4.78, 5) is 28.0. The summed E-state index contributed by atoms with van der Waals surface area (Å²) >= 11 is 1.21. The molecule has 1 saturated carbocycles. The van der Waals surface area contributed by atoms with E-state index in [1.807, 2.05) is 0 Å². The lowest BCUT2D eigenvalue weighted by atomic mass is 9.87. The Bertz CT molecular complexity index is 913. The monoisotopic (exact) mass is 406 g/mol. The van der Waals surface area contributed by atoms with Crippen molar-refractivity contribution in [1.82, 2.24) is 4.98 Å². The van der Waals surface area contributed by atoms with Crippen LogP contribution in [-0.4, -0.2) is 31.9 Å². The van der Waals surface area contributed by atoms with E-state index in [0.29, 0.717) is 23.0 Å². The Kier molecular flexibility index (Phi) is 6.06. The molecular weight excluding hydrogens is 384 g/mol. The predicted octanol–water partition coefficient (Wildman–Crippen LogP) is 3.66. The first-order valence-electron chi connectivity index (χ1n) is 8.88. The van der Waals surface area contributed by atoms with Crippen molar-refractivity contribution in [3.05, 3.63) is 40.9 Å². The van der Waals surface area contributed by atoms with Gasteiger partial charge >= 0.3 is 0 Å². The van der Waals surface area contributed by atoms with Gasteiger partial charge in [0.05, 0.1) is 10.8 Å². The molecule has 3 rings (SSSR count). The number of anilines is 1. The van der Waals surface area contributed by atoms with E-state index in [1.165, 1.54) is 24.2 Å². The molecule has 144 valence electrons. The molecule has 1 aliphatic carbocycles. The number of hydrogen-bond donors (Lipinski definition) is 1. The minimum absolute atomic E-state index is 0.180. The van der Waals surface area contributed by atoms with E-state index in [1.54, 1.807) is 29.6 Å². The minimum atomic E-state index is -3.28. The van der Waals surface area contributed by atoms with Gasteiger partial charge in [-0.1, -0.05) is 37.8 Å². The topological polar surface area (TPSA) is 93.2 Å². The highest BCUT2D eigenvalue weighted by Crippen LogP contribution is 2.35. The first-order chi connectivity index (χ1) is 12.9. The third kappa shape index (κ3) is 5.01. The largest absolute Gasteiger partial charge is 0.301 e. The summed E-state index contributed by atoms with van der Waals surface area (Å²) in [5.41, 5.74) is 1.08. The minimum Gasteiger partial charge on any atom is -0.301 e. The predicted molar refractivity (Wildman–Crippen MR) is 105 cm³/mol. The second kappa shape index (κ2) is 8.31. The Labute approximate surface area is 162 Å². The number of carbonyl (C=O) groups excluding carboxylic acids is 2. The van der Waals surface area contributed by atoms with Gasteiger partial charge in [-0.3, -0.25) is 9.59 Å². The van der Waals surface area contributed by atoms with Crippen LogP contribution in [0.3, 0.4) is 0 Å². The van der Waals surface area contributed by atoms with Crippen molar-refractivity contribution in [3.63, 3.8) is 0 Å². The van der Waals surface area contributed by atoms with Crippen molar-refractivity contribution in [2.45, 2.75) is 42.9 Å². The molecule has 1 N–H and O–H groups in total. The maximum Gasteiger partial charge on any atom is 0.233 e. The normalized spacial score (nSPS) is 16.2. The summed E-state index contributed by atoms with van der Waals surface area (Å²) in [6.07, 6.45) is 7.11. The molecule has 0 saturated heterocycles. The van der Waals surface area contributed by atoms with Crippen molar-refractivity contribution in [3.8, 4) is 0 Å². The number of aldehydes is 1. The number of amides is 1. The number of nitrogens with one attached hydrogen (secondary N) is 1. The zero-order valence-electron chi connectivity index (χ0n) is 15.1. The molecule has 27 heavy (non-hydrogen) atoms. The van der Waals surface area contributed by atoms with Gasteiger partial charge in [0.15, 0.2) is 21.3 Å². The van der Waals surface area contributed by atoms with Crippen molar-refractivity contribution in [1.29, 1.82) is 0 Å². The Morgan fingerprint density at radius 2 is 1.96 bits per heavy atom. The highest BCUT2D eigenvalue weighted by Gasteiger charge is 2.27. The van der Waals surface area contributed by atoms with Crippen LogP contribution in [-0.2, 0) is 14.6 Å². The lowest BCUT2D eigenvalue weighted by Gasteiger charge is -2.20. The average Bonchev–Trinajstić information content (AvgIpc) is 3.30. The van der Waals surface area contributed by atoms with Crippen LogP contribution in [0, 0.1) is 5.92 Å². The molecular formula is C19H22N2O4S2. The van der Waals surface area contributed by atoms with Crippen LogP contribution in [0.1, 0.15) is 54.1 Å². The molecule has 2 aromatic rings. The Morgan fingerprint density at radius 1 is 1.30 bits per heavy atom. The number of aromatic nitrogens is 1. The number of sulfone groups is 1. The number of carbonyl (C=O) groups is 2. The van der Waals surface area contributed by atoms with E-state index >= 15 is 0 Å². The number of rotatable bonds is 7. The molecule has 6 nitrogen and oxygen atoms in total. The number of nitrogens with zero attached hydrogens (tertiary/aromatic N) is 1. The third-order valence-electron chi connectivity index (χ3n) is 4.94. The lowest BCUT2D eigenvalue weighted by molar-refractivity contribution is -0.118. The molecule has 1 aromatic carbocycles. The van der Waals surface area contributed by atoms with Gasteiger partial charge in [0.1, 0.15) is 5.69 Å². The second-order valence-corrected chi connectivity index (χ2v) is 9.84. The van der Waals surface area contributed by atoms with Crippen LogP contribution < -0.4 is 5.32 Å². The molecule has 0 radical (unpaired) electrons. The van der Waals surface area contributed by atoms with E-state index in [-0.39, 0.29) is 16.7 Å². The fourth-order valence-corrected chi connectivity index (χ4v) is 4.80. The quantitative estimate of drug-likeness (QED) is 0.708. The van der Waals surface area contributed by atoms with Gasteiger partial charge in [0.2, 0.25) is 5.91 Å². The van der Waals surface area contributed by atoms with Gasteiger partial charge in [-0.15, -0.1) is 11.3 Å². The van der Waals surface area contributed by atoms with Crippen LogP contribution in [0.5, 0.6) is 0 Å². The zero-order chi connectivity index (χ0) is 19.4. The number of hydrogen-bond acceptors (Lipinski definition) is 6. The van der Waals surface area contributed by atoms with E-state index in [4.69, 9.17) is 0 Å². The van der Waals surface area contributed by atoms with Crippen LogP contribution in [0.15, 0.2) is 34.5 Å². The highest BCUT2D eigenvalue weighted by molar-refractivity contribution is 7.90. The maximum atomic E-state index is 12.9. The summed E-state index contributed by atoms with van der Waals surface area (Å²) in [6.45, 7) is 0. The van der Waals surface area contributed by atoms with Crippen LogP contribution in [0.25, 0.3) is 0 Å². The first kappa shape index (κ1) is 19.7. The smallest absolute Gasteiger partial charge is 0.233 e. The Balaban J connectivity index is 1.83. The highest BCUT2D eigenvalue weighted by atomic mass is 32.2. The molecule has 8 heteroatoms. The summed E-state index contributed by atoms with van der Waals surface area (Å²) in [5.74, 6) is -0.0803. The van der Waals surface area contributed by atoms with Crippen LogP contribution in [0.4, 0.5) is 5.13 Å². The second-order valence-electron chi connectivity index (χ2n) is 6.96. The van der Waals surface area contributed by atoms with Gasteiger partial charge in [-0.2, -0.15) is 0 Å². The van der Waals surface area contributed by atoms with E-state index in [9.17, 15) is 18.0 Å². The maximum absolute atomic E-state index is 12.9. The number of benzene rings is 1. The van der Waals surface area contributed by atoms with Gasteiger partial charge in [-0.25, -0.2) is 13.4 Å². The molecule has 1 aromatic heterocycles. The van der Waals surface area contributed by atoms with E-state index in [0.717, 1.165) is 31.1 Å². The molecule has 0 unspecified atom stereocenters. The molecule has 1 atom stereocenters. The molecule has 1 fully saturated rings. The lowest BCUT2D eigenvalue weighted by Crippen LogP contribution is -2.23. The van der Waals surface area contributed by atoms with Gasteiger partial charge < -0.3 is 5.32 Å². The molecule has 1 heterocycles. The molecule has 0 spiro atoms. The standard InChI is InChI=1S/C19H22N2O4S2/c1-27(24,25)16-8-6-14(7-9-16)17(10-13-4-2-3-5-13)18(23)21-19-20-15(11-22)12-26-19/h6-9,11-13,17H,2-5,10H2,1H3,(H,20,21,23)/t17-/m1/s1. The van der Waals surface area contributed by atoms with Gasteiger partial charge in [0, 0.05) is 11.6 Å². The zero-order valence-corrected chi connectivity index (χ0v) is 16.7. The summed E-state index contributed by atoms with van der Waals surface area (Å²) in [7, 11) is -3.28. The Morgan fingerprint density at radius 3 is 2.52 bits per heavy atom. The SMILES string of the molecule is CS(=O)(=O)c1ccc([C@@H](CC2CCCC2)C(=O)Nc2nc(C=O)cs2)cc1. The van der Waals surface area contributed by atoms with Crippen LogP contribution in [0.2, 0.25) is 0 Å². The fourth-order valence-electron chi connectivity index (χ4n) is 3.51. The van der Waals surface area contributed by atoms with Crippen molar-refractivity contribution in [2.75, 3.05) is 11.6 Å². The van der Waals surface area contributed by atoms with Crippen molar-refractivity contribution in [2.24, 2.45) is 5.92 Å². The average molecular weight is 407 g/mol. The van der Waals surface area contributed by atoms with Gasteiger partial charge in [0.25, 0.3) is 0 Å². The Hall–Kier alpha value is -2.06. The van der Waals surface area contributed by atoms with Gasteiger partial charge in [-0.05, 0) is 30.0 Å². The molecule has 0 aliphatic heterocycles. The van der Waals surface area contributed by atoms with Crippen molar-refractivity contribution < 1.29 is 18.0 Å². The summed E-state index contributed by atoms with van der Waals surface area (Å²) in [6, 6.07) is 6.53. The molecule has 1 amide bonds. The summed E-state index contributed by atoms with van der Waals surface area (Å²) in [5, 5.41) is 4.79. The first-order valence-corrected chi connectivity index (χ1v) is 11.7. The third-order valence-corrected chi connectivity index (χ3v) is 6.85. The van der Waals surface area contributed by atoms with Crippen molar-refractivity contribution >= 4 is 38.5 Å². The van der Waals surface area contributed by atoms with E-state index in [2.05, 4.69) is 10.3 Å². The molecule has 1 aliphatic rings. The number of thiazole rings is 1. The fraction of sp³-hybridized carbons (Fsp3) is 0.421. The summed E-state index contributed by atoms with van der Waals surface area (Å²) < 4.78 is 23.4. The van der Waals surface area contributed by atoms with Crippen LogP contribution >= 0.6 is 11.3 Å².